The van der Waals surface area contributed by atoms with Crippen LogP contribution in [0.25, 0.3) is 0 Å². The van der Waals surface area contributed by atoms with E-state index in [0.29, 0.717) is 26.1 Å². The molecule has 1 fully saturated rings. The minimum atomic E-state index is -0.0527. The first kappa shape index (κ1) is 15.7. The van der Waals surface area contributed by atoms with Crippen LogP contribution in [0.4, 0.5) is 0 Å². The molecule has 0 N–H and O–H groups in total. The molecule has 2 aromatic heterocycles. The number of hydrogen-bond donors (Lipinski definition) is 0. The van der Waals surface area contributed by atoms with Crippen LogP contribution in [-0.4, -0.2) is 45.0 Å². The third-order valence-corrected chi connectivity index (χ3v) is 4.08. The second-order valence-corrected chi connectivity index (χ2v) is 5.83. The summed E-state index contributed by atoms with van der Waals surface area (Å²) in [5, 5.41) is 0. The molecule has 122 valence electrons. The molecule has 6 heteroatoms. The highest BCUT2D eigenvalue weighted by Gasteiger charge is 2.25. The Morgan fingerprint density at radius 2 is 2.35 bits per heavy atom. The number of nitrogens with zero attached hydrogens (tertiary/aromatic N) is 4. The summed E-state index contributed by atoms with van der Waals surface area (Å²) in [6.45, 7) is 4.66. The van der Waals surface area contributed by atoms with E-state index in [1.807, 2.05) is 34.7 Å². The first-order valence-corrected chi connectivity index (χ1v) is 8.00. The maximum absolute atomic E-state index is 12.4. The van der Waals surface area contributed by atoms with Gasteiger partial charge in [0.15, 0.2) is 0 Å². The Balaban J connectivity index is 1.52. The molecule has 0 aromatic carbocycles. The van der Waals surface area contributed by atoms with E-state index in [2.05, 4.69) is 9.97 Å². The maximum atomic E-state index is 12.4. The monoisotopic (exact) mass is 314 g/mol. The van der Waals surface area contributed by atoms with Crippen LogP contribution in [0.3, 0.4) is 0 Å². The summed E-state index contributed by atoms with van der Waals surface area (Å²) in [7, 11) is 0. The van der Waals surface area contributed by atoms with Gasteiger partial charge in [0.25, 0.3) is 0 Å². The highest BCUT2D eigenvalue weighted by molar-refractivity contribution is 5.76. The SMILES string of the molecule is Cc1cc([C@@H]2CN(C(=O)CCCn3ccnc3)CCO2)ccn1. The molecular weight excluding hydrogens is 292 g/mol. The van der Waals surface area contributed by atoms with Crippen molar-refractivity contribution in [1.82, 2.24) is 19.4 Å². The minimum Gasteiger partial charge on any atom is -0.370 e. The van der Waals surface area contributed by atoms with Crippen molar-refractivity contribution in [2.75, 3.05) is 19.7 Å². The first-order valence-electron chi connectivity index (χ1n) is 8.00. The molecule has 1 aliphatic rings. The van der Waals surface area contributed by atoms with E-state index >= 15 is 0 Å². The molecule has 0 saturated carbocycles. The second kappa shape index (κ2) is 7.37. The third-order valence-electron chi connectivity index (χ3n) is 4.08. The van der Waals surface area contributed by atoms with Crippen LogP contribution in [-0.2, 0) is 16.1 Å². The molecule has 0 aliphatic carbocycles. The van der Waals surface area contributed by atoms with Crippen LogP contribution in [0.2, 0.25) is 0 Å². The molecule has 6 nitrogen and oxygen atoms in total. The zero-order valence-corrected chi connectivity index (χ0v) is 13.4. The number of aromatic nitrogens is 3. The van der Waals surface area contributed by atoms with Crippen molar-refractivity contribution >= 4 is 5.91 Å². The minimum absolute atomic E-state index is 0.0527. The van der Waals surface area contributed by atoms with Crippen molar-refractivity contribution in [1.29, 1.82) is 0 Å². The standard InChI is InChI=1S/C17H22N4O2/c1-14-11-15(4-5-19-14)16-12-21(9-10-23-16)17(22)3-2-7-20-8-6-18-13-20/h4-6,8,11,13,16H,2-3,7,9-10,12H2,1H3/t16-/m0/s1. The number of hydrogen-bond acceptors (Lipinski definition) is 4. The van der Waals surface area contributed by atoms with E-state index in [0.717, 1.165) is 24.2 Å². The van der Waals surface area contributed by atoms with E-state index in [4.69, 9.17) is 4.74 Å². The molecule has 1 atom stereocenters. The van der Waals surface area contributed by atoms with E-state index in [-0.39, 0.29) is 12.0 Å². The van der Waals surface area contributed by atoms with Gasteiger partial charge in [-0.3, -0.25) is 9.78 Å². The Kier molecular flexibility index (Phi) is 5.02. The fourth-order valence-corrected chi connectivity index (χ4v) is 2.84. The summed E-state index contributed by atoms with van der Waals surface area (Å²) >= 11 is 0. The quantitative estimate of drug-likeness (QED) is 0.846. The number of rotatable bonds is 5. The van der Waals surface area contributed by atoms with Crippen molar-refractivity contribution < 1.29 is 9.53 Å². The maximum Gasteiger partial charge on any atom is 0.222 e. The molecule has 3 heterocycles. The topological polar surface area (TPSA) is 60.2 Å². The largest absolute Gasteiger partial charge is 0.370 e. The van der Waals surface area contributed by atoms with E-state index < -0.39 is 0 Å². The number of imidazole rings is 1. The molecule has 0 radical (unpaired) electrons. The van der Waals surface area contributed by atoms with Gasteiger partial charge in [0.1, 0.15) is 6.10 Å². The van der Waals surface area contributed by atoms with Crippen LogP contribution >= 0.6 is 0 Å². The molecule has 0 bridgehead atoms. The average Bonchev–Trinajstić information content (AvgIpc) is 3.08. The van der Waals surface area contributed by atoms with Crippen LogP contribution in [0.5, 0.6) is 0 Å². The second-order valence-electron chi connectivity index (χ2n) is 5.83. The summed E-state index contributed by atoms with van der Waals surface area (Å²) < 4.78 is 7.82. The fraction of sp³-hybridized carbons (Fsp3) is 0.471. The van der Waals surface area contributed by atoms with Crippen LogP contribution in [0.15, 0.2) is 37.1 Å². The van der Waals surface area contributed by atoms with Gasteiger partial charge in [-0.2, -0.15) is 0 Å². The van der Waals surface area contributed by atoms with Crippen molar-refractivity contribution in [3.63, 3.8) is 0 Å². The van der Waals surface area contributed by atoms with E-state index in [9.17, 15) is 4.79 Å². The van der Waals surface area contributed by atoms with Crippen molar-refractivity contribution in [2.45, 2.75) is 32.4 Å². The Morgan fingerprint density at radius 1 is 1.43 bits per heavy atom. The van der Waals surface area contributed by atoms with Gasteiger partial charge in [0, 0.05) is 43.8 Å². The molecule has 2 aromatic rings. The molecule has 3 rings (SSSR count). The van der Waals surface area contributed by atoms with Gasteiger partial charge in [-0.1, -0.05) is 0 Å². The number of carbonyl (C=O) groups excluding carboxylic acids is 1. The van der Waals surface area contributed by atoms with Crippen molar-refractivity contribution in [3.05, 3.63) is 48.3 Å². The lowest BCUT2D eigenvalue weighted by Gasteiger charge is -2.33. The van der Waals surface area contributed by atoms with E-state index in [1.165, 1.54) is 0 Å². The summed E-state index contributed by atoms with van der Waals surface area (Å²) in [6.07, 6.45) is 8.57. The molecular formula is C17H22N4O2. The number of pyridine rings is 1. The Bertz CT molecular complexity index is 642. The van der Waals surface area contributed by atoms with Gasteiger partial charge in [0.2, 0.25) is 5.91 Å². The fourth-order valence-electron chi connectivity index (χ4n) is 2.84. The summed E-state index contributed by atoms with van der Waals surface area (Å²) in [5.74, 6) is 0.198. The number of ether oxygens (including phenoxy) is 1. The third kappa shape index (κ3) is 4.16. The van der Waals surface area contributed by atoms with Gasteiger partial charge in [-0.25, -0.2) is 4.98 Å². The van der Waals surface area contributed by atoms with Crippen LogP contribution < -0.4 is 0 Å². The molecule has 1 amide bonds. The molecule has 23 heavy (non-hydrogen) atoms. The van der Waals surface area contributed by atoms with E-state index in [1.54, 1.807) is 18.7 Å². The highest BCUT2D eigenvalue weighted by atomic mass is 16.5. The number of aryl methyl sites for hydroxylation is 2. The lowest BCUT2D eigenvalue weighted by atomic mass is 10.1. The van der Waals surface area contributed by atoms with Crippen molar-refractivity contribution in [2.24, 2.45) is 0 Å². The van der Waals surface area contributed by atoms with Gasteiger partial charge in [0.05, 0.1) is 19.5 Å². The molecule has 0 unspecified atom stereocenters. The summed E-state index contributed by atoms with van der Waals surface area (Å²) in [6, 6.07) is 3.99. The normalized spacial score (nSPS) is 18.1. The molecule has 1 saturated heterocycles. The average molecular weight is 314 g/mol. The Hall–Kier alpha value is -2.21. The molecule has 0 spiro atoms. The zero-order chi connectivity index (χ0) is 16.1. The van der Waals surface area contributed by atoms with Gasteiger partial charge < -0.3 is 14.2 Å². The van der Waals surface area contributed by atoms with Gasteiger partial charge in [-0.15, -0.1) is 0 Å². The predicted molar refractivity (Wildman–Crippen MR) is 85.7 cm³/mol. The van der Waals surface area contributed by atoms with Crippen LogP contribution in [0.1, 0.15) is 30.2 Å². The number of amides is 1. The number of morpholine rings is 1. The zero-order valence-electron chi connectivity index (χ0n) is 13.4. The summed E-state index contributed by atoms with van der Waals surface area (Å²) in [4.78, 5) is 22.5. The first-order chi connectivity index (χ1) is 11.2. The lowest BCUT2D eigenvalue weighted by Crippen LogP contribution is -2.42. The summed E-state index contributed by atoms with van der Waals surface area (Å²) in [5.41, 5.74) is 2.06. The van der Waals surface area contributed by atoms with Gasteiger partial charge in [-0.05, 0) is 31.0 Å². The van der Waals surface area contributed by atoms with Crippen molar-refractivity contribution in [3.8, 4) is 0 Å². The Labute approximate surface area is 136 Å². The highest BCUT2D eigenvalue weighted by Crippen LogP contribution is 2.22. The smallest absolute Gasteiger partial charge is 0.222 e. The lowest BCUT2D eigenvalue weighted by molar-refractivity contribution is -0.139. The van der Waals surface area contributed by atoms with Crippen LogP contribution in [0, 0.1) is 6.92 Å². The van der Waals surface area contributed by atoms with Gasteiger partial charge >= 0.3 is 0 Å². The number of carbonyl (C=O) groups is 1. The predicted octanol–water partition coefficient (Wildman–Crippen LogP) is 1.97. The molecule has 1 aliphatic heterocycles. The Morgan fingerprint density at radius 3 is 3.13 bits per heavy atom.